The zero-order chi connectivity index (χ0) is 31.9. The van der Waals surface area contributed by atoms with Gasteiger partial charge in [0, 0.05) is 37.0 Å². The fourth-order valence-corrected chi connectivity index (χ4v) is 7.11. The molecular weight excluding hydrogens is 641 g/mol. The van der Waals surface area contributed by atoms with Crippen molar-refractivity contribution in [3.63, 3.8) is 0 Å². The van der Waals surface area contributed by atoms with Crippen LogP contribution in [0.15, 0.2) is 66.7 Å². The van der Waals surface area contributed by atoms with Crippen LogP contribution < -0.4 is 9.62 Å². The van der Waals surface area contributed by atoms with E-state index in [4.69, 9.17) is 34.8 Å². The molecule has 0 heterocycles. The van der Waals surface area contributed by atoms with E-state index in [2.05, 4.69) is 5.32 Å². The van der Waals surface area contributed by atoms with Crippen LogP contribution >= 0.6 is 34.8 Å². The zero-order valence-electron chi connectivity index (χ0n) is 24.9. The molecule has 0 bridgehead atoms. The van der Waals surface area contributed by atoms with Gasteiger partial charge in [-0.25, -0.2) is 8.42 Å². The van der Waals surface area contributed by atoms with E-state index >= 15 is 0 Å². The number of nitrogens with zero attached hydrogens (tertiary/aromatic N) is 2. The van der Waals surface area contributed by atoms with Gasteiger partial charge in [0.2, 0.25) is 21.8 Å². The summed E-state index contributed by atoms with van der Waals surface area (Å²) in [6.07, 6.45) is 5.65. The molecule has 1 N–H and O–H groups in total. The quantitative estimate of drug-likeness (QED) is 0.207. The van der Waals surface area contributed by atoms with Crippen LogP contribution in [0, 0.1) is 6.92 Å². The van der Waals surface area contributed by atoms with Crippen LogP contribution in [0.3, 0.4) is 0 Å². The number of hydrogen-bond donors (Lipinski definition) is 1. The number of sulfonamides is 1. The van der Waals surface area contributed by atoms with Crippen molar-refractivity contribution < 1.29 is 18.0 Å². The minimum Gasteiger partial charge on any atom is -0.352 e. The molecule has 0 aliphatic heterocycles. The highest BCUT2D eigenvalue weighted by atomic mass is 35.5. The zero-order valence-corrected chi connectivity index (χ0v) is 28.0. The highest BCUT2D eigenvalue weighted by molar-refractivity contribution is 7.92. The van der Waals surface area contributed by atoms with Gasteiger partial charge < -0.3 is 10.2 Å². The molecule has 7 nitrogen and oxygen atoms in total. The lowest BCUT2D eigenvalue weighted by Gasteiger charge is -2.33. The summed E-state index contributed by atoms with van der Waals surface area (Å²) in [5, 5.41) is 4.39. The molecule has 0 spiro atoms. The molecule has 11 heteroatoms. The molecular formula is C33H38Cl3N3O4S. The molecule has 1 fully saturated rings. The molecule has 0 unspecified atom stereocenters. The number of rotatable bonds is 13. The van der Waals surface area contributed by atoms with Gasteiger partial charge >= 0.3 is 0 Å². The summed E-state index contributed by atoms with van der Waals surface area (Å²) in [5.41, 5.74) is 2.76. The third-order valence-electron chi connectivity index (χ3n) is 7.97. The van der Waals surface area contributed by atoms with E-state index < -0.39 is 16.1 Å². The van der Waals surface area contributed by atoms with Crippen molar-refractivity contribution in [2.75, 3.05) is 17.1 Å². The van der Waals surface area contributed by atoms with E-state index in [0.717, 1.165) is 43.1 Å². The number of hydrogen-bond acceptors (Lipinski definition) is 4. The molecule has 0 saturated heterocycles. The number of carbonyl (C=O) groups excluding carboxylic acids is 2. The predicted octanol–water partition coefficient (Wildman–Crippen LogP) is 7.20. The third kappa shape index (κ3) is 9.13. The van der Waals surface area contributed by atoms with Crippen LogP contribution in [0.4, 0.5) is 5.69 Å². The maximum Gasteiger partial charge on any atom is 0.243 e. The van der Waals surface area contributed by atoms with Crippen LogP contribution in [0.25, 0.3) is 0 Å². The van der Waals surface area contributed by atoms with Gasteiger partial charge in [0.15, 0.2) is 0 Å². The summed E-state index contributed by atoms with van der Waals surface area (Å²) in [7, 11) is -3.66. The number of halogens is 3. The fraction of sp³-hybridized carbons (Fsp3) is 0.394. The van der Waals surface area contributed by atoms with Crippen molar-refractivity contribution in [1.82, 2.24) is 10.2 Å². The maximum atomic E-state index is 14.1. The summed E-state index contributed by atoms with van der Waals surface area (Å²) >= 11 is 18.8. The minimum absolute atomic E-state index is 0.0228. The summed E-state index contributed by atoms with van der Waals surface area (Å²) in [6.45, 7) is 1.97. The average molecular weight is 679 g/mol. The molecule has 2 amide bonds. The Labute approximate surface area is 275 Å². The first-order valence-electron chi connectivity index (χ1n) is 14.7. The molecule has 236 valence electrons. The molecule has 1 saturated carbocycles. The van der Waals surface area contributed by atoms with Crippen molar-refractivity contribution in [2.24, 2.45) is 0 Å². The van der Waals surface area contributed by atoms with Crippen LogP contribution in [-0.4, -0.2) is 50.0 Å². The van der Waals surface area contributed by atoms with E-state index in [1.807, 2.05) is 30.3 Å². The van der Waals surface area contributed by atoms with Gasteiger partial charge in [-0.05, 0) is 67.1 Å². The number of carbonyl (C=O) groups is 2. The van der Waals surface area contributed by atoms with Crippen molar-refractivity contribution in [1.29, 1.82) is 0 Å². The summed E-state index contributed by atoms with van der Waals surface area (Å²) in [6, 6.07) is 19.1. The van der Waals surface area contributed by atoms with Gasteiger partial charge in [-0.1, -0.05) is 90.1 Å². The Bertz CT molecular complexity index is 1560. The number of anilines is 1. The maximum absolute atomic E-state index is 14.1. The SMILES string of the molecule is Cc1c(Cl)cccc1N(CCCC(=O)N(Cc1ccc(Cl)c(Cl)c1)[C@H](Cc1ccccc1)C(=O)NC1CCCC1)S(C)(=O)=O. The Morgan fingerprint density at radius 1 is 0.909 bits per heavy atom. The van der Waals surface area contributed by atoms with Crippen LogP contribution in [0.5, 0.6) is 0 Å². The first-order valence-corrected chi connectivity index (χ1v) is 17.7. The first kappa shape index (κ1) is 34.1. The van der Waals surface area contributed by atoms with E-state index in [1.165, 1.54) is 4.31 Å². The number of nitrogens with one attached hydrogen (secondary N) is 1. The second-order valence-electron chi connectivity index (χ2n) is 11.3. The fourth-order valence-electron chi connectivity index (χ4n) is 5.60. The predicted molar refractivity (Wildman–Crippen MR) is 179 cm³/mol. The minimum atomic E-state index is -3.66. The van der Waals surface area contributed by atoms with Gasteiger partial charge in [0.05, 0.1) is 22.0 Å². The lowest BCUT2D eigenvalue weighted by molar-refractivity contribution is -0.141. The Morgan fingerprint density at radius 3 is 2.27 bits per heavy atom. The van der Waals surface area contributed by atoms with Crippen molar-refractivity contribution in [2.45, 2.75) is 70.5 Å². The normalized spacial score (nSPS) is 14.3. The van der Waals surface area contributed by atoms with Gasteiger partial charge in [-0.3, -0.25) is 13.9 Å². The van der Waals surface area contributed by atoms with E-state index in [1.54, 1.807) is 48.2 Å². The lowest BCUT2D eigenvalue weighted by Crippen LogP contribution is -2.52. The highest BCUT2D eigenvalue weighted by Gasteiger charge is 2.32. The number of amides is 2. The van der Waals surface area contributed by atoms with Gasteiger partial charge in [0.1, 0.15) is 6.04 Å². The van der Waals surface area contributed by atoms with Crippen molar-refractivity contribution in [3.8, 4) is 0 Å². The summed E-state index contributed by atoms with van der Waals surface area (Å²) in [5.74, 6) is -0.476. The highest BCUT2D eigenvalue weighted by Crippen LogP contribution is 2.29. The molecule has 1 aliphatic carbocycles. The smallest absolute Gasteiger partial charge is 0.243 e. The molecule has 4 rings (SSSR count). The Hall–Kier alpha value is -2.78. The summed E-state index contributed by atoms with van der Waals surface area (Å²) in [4.78, 5) is 29.5. The molecule has 0 aromatic heterocycles. The Kier molecular flexibility index (Phi) is 12.0. The topological polar surface area (TPSA) is 86.8 Å². The summed E-state index contributed by atoms with van der Waals surface area (Å²) < 4.78 is 26.8. The van der Waals surface area contributed by atoms with Crippen molar-refractivity contribution >= 4 is 62.3 Å². The monoisotopic (exact) mass is 677 g/mol. The molecule has 3 aromatic carbocycles. The lowest BCUT2D eigenvalue weighted by atomic mass is 10.0. The molecule has 44 heavy (non-hydrogen) atoms. The largest absolute Gasteiger partial charge is 0.352 e. The molecule has 1 aliphatic rings. The second kappa shape index (κ2) is 15.5. The standard InChI is InChI=1S/C33H38Cl3N3O4S/c1-23-27(34)14-8-15-30(23)39(44(2,42)43)19-9-16-32(40)38(22-25-17-18-28(35)29(36)20-25)31(21-24-10-4-3-5-11-24)33(41)37-26-12-6-7-13-26/h3-5,8,10-11,14-15,17-18,20,26,31H,6-7,9,12-13,16,19,21-22H2,1-2H3,(H,37,41)/t31-/m1/s1. The Morgan fingerprint density at radius 2 is 1.61 bits per heavy atom. The average Bonchev–Trinajstić information content (AvgIpc) is 3.49. The third-order valence-corrected chi connectivity index (χ3v) is 10.3. The van der Waals surface area contributed by atoms with Gasteiger partial charge in [0.25, 0.3) is 0 Å². The first-order chi connectivity index (χ1) is 20.9. The van der Waals surface area contributed by atoms with Gasteiger partial charge in [-0.15, -0.1) is 0 Å². The second-order valence-corrected chi connectivity index (χ2v) is 14.4. The molecule has 3 aromatic rings. The van der Waals surface area contributed by atoms with Crippen molar-refractivity contribution in [3.05, 3.63) is 98.5 Å². The van der Waals surface area contributed by atoms with E-state index in [0.29, 0.717) is 32.7 Å². The number of benzene rings is 3. The molecule has 0 radical (unpaired) electrons. The van der Waals surface area contributed by atoms with E-state index in [9.17, 15) is 18.0 Å². The van der Waals surface area contributed by atoms with Crippen LogP contribution in [0.2, 0.25) is 15.1 Å². The van der Waals surface area contributed by atoms with Gasteiger partial charge in [-0.2, -0.15) is 0 Å². The van der Waals surface area contributed by atoms with Crippen LogP contribution in [0.1, 0.15) is 55.2 Å². The van der Waals surface area contributed by atoms with Crippen LogP contribution in [-0.2, 0) is 32.6 Å². The van der Waals surface area contributed by atoms with E-state index in [-0.39, 0.29) is 43.8 Å². The molecule has 1 atom stereocenters. The Balaban J connectivity index is 1.62.